The predicted octanol–water partition coefficient (Wildman–Crippen LogP) is 4.12. The Bertz CT molecular complexity index is 619. The SMILES string of the molecule is Nc1c(CSc2cccc(Cl)c2)cccc1[N+](=O)[O-]. The Kier molecular flexibility index (Phi) is 4.29. The van der Waals surface area contributed by atoms with Gasteiger partial charge < -0.3 is 5.73 Å². The van der Waals surface area contributed by atoms with Crippen molar-refractivity contribution in [2.75, 3.05) is 5.73 Å². The van der Waals surface area contributed by atoms with Crippen LogP contribution >= 0.6 is 23.4 Å². The number of nitro groups is 1. The molecule has 2 aromatic rings. The second kappa shape index (κ2) is 5.95. The van der Waals surface area contributed by atoms with Crippen LogP contribution in [0.2, 0.25) is 5.02 Å². The van der Waals surface area contributed by atoms with Gasteiger partial charge >= 0.3 is 0 Å². The van der Waals surface area contributed by atoms with Gasteiger partial charge in [-0.2, -0.15) is 0 Å². The number of hydrogen-bond acceptors (Lipinski definition) is 4. The Balaban J connectivity index is 2.16. The van der Waals surface area contributed by atoms with Crippen molar-refractivity contribution in [1.29, 1.82) is 0 Å². The number of thioether (sulfide) groups is 1. The third-order valence-corrected chi connectivity index (χ3v) is 3.84. The number of anilines is 1. The van der Waals surface area contributed by atoms with E-state index < -0.39 is 4.92 Å². The maximum atomic E-state index is 10.8. The van der Waals surface area contributed by atoms with Crippen LogP contribution in [0.1, 0.15) is 5.56 Å². The molecule has 98 valence electrons. The first-order chi connectivity index (χ1) is 9.08. The van der Waals surface area contributed by atoms with E-state index in [1.807, 2.05) is 18.2 Å². The number of nitrogens with zero attached hydrogens (tertiary/aromatic N) is 1. The Morgan fingerprint density at radius 2 is 2.00 bits per heavy atom. The minimum atomic E-state index is -0.469. The van der Waals surface area contributed by atoms with Gasteiger partial charge in [-0.15, -0.1) is 11.8 Å². The lowest BCUT2D eigenvalue weighted by molar-refractivity contribution is -0.383. The highest BCUT2D eigenvalue weighted by Gasteiger charge is 2.14. The Morgan fingerprint density at radius 3 is 2.68 bits per heavy atom. The molecule has 6 heteroatoms. The minimum absolute atomic E-state index is 0.0517. The number of nitrogens with two attached hydrogens (primary N) is 1. The number of hydrogen-bond donors (Lipinski definition) is 1. The van der Waals surface area contributed by atoms with E-state index in [1.165, 1.54) is 17.8 Å². The van der Waals surface area contributed by atoms with Crippen molar-refractivity contribution in [3.8, 4) is 0 Å². The fourth-order valence-electron chi connectivity index (χ4n) is 1.60. The summed E-state index contributed by atoms with van der Waals surface area (Å²) in [5, 5.41) is 11.5. The van der Waals surface area contributed by atoms with Crippen molar-refractivity contribution >= 4 is 34.7 Å². The Labute approximate surface area is 119 Å². The average Bonchev–Trinajstić information content (AvgIpc) is 2.37. The molecule has 0 atom stereocenters. The summed E-state index contributed by atoms with van der Waals surface area (Å²) < 4.78 is 0. The minimum Gasteiger partial charge on any atom is -0.393 e. The second-order valence-corrected chi connectivity index (χ2v) is 5.34. The monoisotopic (exact) mass is 294 g/mol. The van der Waals surface area contributed by atoms with Gasteiger partial charge in [-0.1, -0.05) is 29.8 Å². The molecule has 0 amide bonds. The van der Waals surface area contributed by atoms with Gasteiger partial charge in [0.2, 0.25) is 0 Å². The lowest BCUT2D eigenvalue weighted by Gasteiger charge is -2.06. The smallest absolute Gasteiger partial charge is 0.292 e. The van der Waals surface area contributed by atoms with Crippen LogP contribution in [0.3, 0.4) is 0 Å². The molecule has 0 aliphatic heterocycles. The maximum Gasteiger partial charge on any atom is 0.292 e. The first kappa shape index (κ1) is 13.7. The van der Waals surface area contributed by atoms with Gasteiger partial charge in [0.1, 0.15) is 5.69 Å². The van der Waals surface area contributed by atoms with E-state index in [-0.39, 0.29) is 11.4 Å². The lowest BCUT2D eigenvalue weighted by atomic mass is 10.2. The van der Waals surface area contributed by atoms with Crippen LogP contribution in [-0.4, -0.2) is 4.92 Å². The largest absolute Gasteiger partial charge is 0.393 e. The van der Waals surface area contributed by atoms with Gasteiger partial charge in [0.15, 0.2) is 0 Å². The average molecular weight is 295 g/mol. The molecule has 0 bridgehead atoms. The summed E-state index contributed by atoms with van der Waals surface area (Å²) in [4.78, 5) is 11.3. The summed E-state index contributed by atoms with van der Waals surface area (Å²) in [5.74, 6) is 0.563. The molecule has 0 aliphatic rings. The highest BCUT2D eigenvalue weighted by molar-refractivity contribution is 7.98. The van der Waals surface area contributed by atoms with Crippen molar-refractivity contribution in [3.05, 3.63) is 63.2 Å². The molecule has 19 heavy (non-hydrogen) atoms. The van der Waals surface area contributed by atoms with Crippen LogP contribution in [0.25, 0.3) is 0 Å². The van der Waals surface area contributed by atoms with Crippen molar-refractivity contribution in [3.63, 3.8) is 0 Å². The molecule has 0 unspecified atom stereocenters. The fourth-order valence-corrected chi connectivity index (χ4v) is 2.82. The van der Waals surface area contributed by atoms with E-state index in [0.29, 0.717) is 10.8 Å². The van der Waals surface area contributed by atoms with Crippen molar-refractivity contribution in [2.24, 2.45) is 0 Å². The van der Waals surface area contributed by atoms with Gasteiger partial charge in [-0.25, -0.2) is 0 Å². The van der Waals surface area contributed by atoms with Gasteiger partial charge in [0.25, 0.3) is 5.69 Å². The molecule has 0 aromatic heterocycles. The third-order valence-electron chi connectivity index (χ3n) is 2.56. The first-order valence-corrected chi connectivity index (χ1v) is 6.84. The van der Waals surface area contributed by atoms with Crippen molar-refractivity contribution in [1.82, 2.24) is 0 Å². The number of para-hydroxylation sites is 1. The quantitative estimate of drug-likeness (QED) is 0.398. The zero-order valence-corrected chi connectivity index (χ0v) is 11.4. The Morgan fingerprint density at radius 1 is 1.26 bits per heavy atom. The summed E-state index contributed by atoms with van der Waals surface area (Å²) in [6, 6.07) is 12.3. The topological polar surface area (TPSA) is 69.2 Å². The number of nitrogen functional groups attached to an aromatic ring is 1. The zero-order valence-electron chi connectivity index (χ0n) is 9.88. The summed E-state index contributed by atoms with van der Waals surface area (Å²) in [7, 11) is 0. The van der Waals surface area contributed by atoms with Crippen LogP contribution in [0.4, 0.5) is 11.4 Å². The molecule has 0 saturated heterocycles. The number of rotatable bonds is 4. The van der Waals surface area contributed by atoms with E-state index in [0.717, 1.165) is 10.5 Å². The molecule has 0 aliphatic carbocycles. The summed E-state index contributed by atoms with van der Waals surface area (Å²) >= 11 is 7.43. The fraction of sp³-hybridized carbons (Fsp3) is 0.0769. The number of benzene rings is 2. The first-order valence-electron chi connectivity index (χ1n) is 5.48. The highest BCUT2D eigenvalue weighted by Crippen LogP contribution is 2.31. The van der Waals surface area contributed by atoms with Crippen molar-refractivity contribution < 1.29 is 4.92 Å². The molecule has 2 aromatic carbocycles. The number of nitro benzene ring substituents is 1. The van der Waals surface area contributed by atoms with Gasteiger partial charge in [0, 0.05) is 21.7 Å². The normalized spacial score (nSPS) is 10.4. The van der Waals surface area contributed by atoms with E-state index in [9.17, 15) is 10.1 Å². The summed E-state index contributed by atoms with van der Waals surface area (Å²) in [6.07, 6.45) is 0. The molecule has 0 fully saturated rings. The van der Waals surface area contributed by atoms with Crippen LogP contribution in [0.5, 0.6) is 0 Å². The van der Waals surface area contributed by atoms with E-state index in [2.05, 4.69) is 0 Å². The molecule has 0 radical (unpaired) electrons. The van der Waals surface area contributed by atoms with Crippen molar-refractivity contribution in [2.45, 2.75) is 10.6 Å². The second-order valence-electron chi connectivity index (χ2n) is 3.85. The van der Waals surface area contributed by atoms with Gasteiger partial charge in [0.05, 0.1) is 4.92 Å². The summed E-state index contributed by atoms with van der Waals surface area (Å²) in [5.41, 5.74) is 6.72. The summed E-state index contributed by atoms with van der Waals surface area (Å²) in [6.45, 7) is 0. The molecule has 0 heterocycles. The number of halogens is 1. The highest BCUT2D eigenvalue weighted by atomic mass is 35.5. The van der Waals surface area contributed by atoms with Crippen LogP contribution in [0, 0.1) is 10.1 Å². The molecule has 4 nitrogen and oxygen atoms in total. The van der Waals surface area contributed by atoms with Gasteiger partial charge in [-0.3, -0.25) is 10.1 Å². The molecular weight excluding hydrogens is 284 g/mol. The molecule has 0 saturated carbocycles. The van der Waals surface area contributed by atoms with Crippen LogP contribution < -0.4 is 5.73 Å². The van der Waals surface area contributed by atoms with Gasteiger partial charge in [-0.05, 0) is 23.8 Å². The molecule has 2 rings (SSSR count). The maximum absolute atomic E-state index is 10.8. The van der Waals surface area contributed by atoms with Crippen LogP contribution in [-0.2, 0) is 5.75 Å². The Hall–Kier alpha value is -1.72. The lowest BCUT2D eigenvalue weighted by Crippen LogP contribution is -1.99. The molecule has 2 N–H and O–H groups in total. The van der Waals surface area contributed by atoms with Crippen LogP contribution in [0.15, 0.2) is 47.4 Å². The van der Waals surface area contributed by atoms with E-state index >= 15 is 0 Å². The zero-order chi connectivity index (χ0) is 13.8. The molecule has 0 spiro atoms. The predicted molar refractivity (Wildman–Crippen MR) is 78.5 cm³/mol. The van der Waals surface area contributed by atoms with E-state index in [4.69, 9.17) is 17.3 Å². The van der Waals surface area contributed by atoms with E-state index in [1.54, 1.807) is 18.2 Å². The standard InChI is InChI=1S/C13H11ClN2O2S/c14-10-4-2-5-11(7-10)19-8-9-3-1-6-12(13(9)15)16(17)18/h1-7H,8,15H2. The third kappa shape index (κ3) is 3.39. The molecular formula is C13H11ClN2O2S.